The third-order valence-corrected chi connectivity index (χ3v) is 3.39. The van der Waals surface area contributed by atoms with Gasteiger partial charge in [0.25, 0.3) is 0 Å². The largest absolute Gasteiger partial charge is 0.497 e. The monoisotopic (exact) mass is 249 g/mol. The summed E-state index contributed by atoms with van der Waals surface area (Å²) in [6, 6.07) is 7.94. The predicted octanol–water partition coefficient (Wildman–Crippen LogP) is 1.39. The second kappa shape index (κ2) is 5.87. The smallest absolute Gasteiger partial charge is 0.322 e. The van der Waals surface area contributed by atoms with Crippen molar-refractivity contribution in [2.24, 2.45) is 5.92 Å². The van der Waals surface area contributed by atoms with Gasteiger partial charge in [-0.3, -0.25) is 4.79 Å². The van der Waals surface area contributed by atoms with Gasteiger partial charge in [0.05, 0.1) is 14.2 Å². The first-order valence-electron chi connectivity index (χ1n) is 6.17. The van der Waals surface area contributed by atoms with Crippen molar-refractivity contribution >= 4 is 5.97 Å². The quantitative estimate of drug-likeness (QED) is 0.819. The molecule has 4 nitrogen and oxygen atoms in total. The average molecular weight is 249 g/mol. The molecule has 2 atom stereocenters. The first-order valence-corrected chi connectivity index (χ1v) is 6.17. The van der Waals surface area contributed by atoms with E-state index < -0.39 is 0 Å². The molecule has 2 rings (SSSR count). The Kier molecular flexibility index (Phi) is 4.20. The second-order valence-corrected chi connectivity index (χ2v) is 4.64. The lowest BCUT2D eigenvalue weighted by molar-refractivity contribution is -0.142. The molecule has 0 radical (unpaired) electrons. The van der Waals surface area contributed by atoms with Gasteiger partial charge in [0, 0.05) is 0 Å². The van der Waals surface area contributed by atoms with Gasteiger partial charge < -0.3 is 14.8 Å². The van der Waals surface area contributed by atoms with Crippen LogP contribution in [0.15, 0.2) is 24.3 Å². The van der Waals surface area contributed by atoms with E-state index >= 15 is 0 Å². The number of benzene rings is 1. The minimum Gasteiger partial charge on any atom is -0.497 e. The fourth-order valence-corrected chi connectivity index (χ4v) is 2.38. The molecule has 1 fully saturated rings. The topological polar surface area (TPSA) is 47.6 Å². The molecule has 1 aliphatic rings. The van der Waals surface area contributed by atoms with Crippen molar-refractivity contribution in [2.45, 2.75) is 18.9 Å². The maximum absolute atomic E-state index is 11.4. The normalized spacial score (nSPS) is 22.8. The molecule has 0 aromatic heterocycles. The number of hydrogen-bond acceptors (Lipinski definition) is 4. The summed E-state index contributed by atoms with van der Waals surface area (Å²) >= 11 is 0. The van der Waals surface area contributed by atoms with Gasteiger partial charge >= 0.3 is 5.97 Å². The van der Waals surface area contributed by atoms with Crippen molar-refractivity contribution in [3.8, 4) is 5.75 Å². The summed E-state index contributed by atoms with van der Waals surface area (Å²) in [7, 11) is 3.09. The van der Waals surface area contributed by atoms with Gasteiger partial charge in [0.2, 0.25) is 0 Å². The lowest BCUT2D eigenvalue weighted by Gasteiger charge is -2.09. The molecule has 98 valence electrons. The van der Waals surface area contributed by atoms with Crippen LogP contribution in [-0.4, -0.2) is 32.8 Å². The number of carbonyl (C=O) groups excluding carboxylic acids is 1. The van der Waals surface area contributed by atoms with Crippen molar-refractivity contribution in [3.05, 3.63) is 29.8 Å². The van der Waals surface area contributed by atoms with Gasteiger partial charge in [0.15, 0.2) is 0 Å². The Morgan fingerprint density at radius 1 is 1.33 bits per heavy atom. The SMILES string of the molecule is COC(=O)C1CC(Cc2ccc(OC)cc2)CN1. The Bertz CT molecular complexity index is 402. The third kappa shape index (κ3) is 3.01. The predicted molar refractivity (Wildman–Crippen MR) is 68.6 cm³/mol. The van der Waals surface area contributed by atoms with Crippen LogP contribution in [-0.2, 0) is 16.0 Å². The summed E-state index contributed by atoms with van der Waals surface area (Å²) in [5.74, 6) is 1.20. The first kappa shape index (κ1) is 12.9. The van der Waals surface area contributed by atoms with E-state index in [1.165, 1.54) is 12.7 Å². The molecule has 0 saturated carbocycles. The maximum Gasteiger partial charge on any atom is 0.322 e. The molecular weight excluding hydrogens is 230 g/mol. The van der Waals surface area contributed by atoms with E-state index in [9.17, 15) is 4.79 Å². The van der Waals surface area contributed by atoms with Crippen molar-refractivity contribution < 1.29 is 14.3 Å². The van der Waals surface area contributed by atoms with Crippen LogP contribution >= 0.6 is 0 Å². The highest BCUT2D eigenvalue weighted by Gasteiger charge is 2.29. The zero-order chi connectivity index (χ0) is 13.0. The molecule has 1 aromatic carbocycles. The lowest BCUT2D eigenvalue weighted by Crippen LogP contribution is -2.31. The molecule has 0 amide bonds. The van der Waals surface area contributed by atoms with Crippen LogP contribution in [0.1, 0.15) is 12.0 Å². The Labute approximate surface area is 107 Å². The zero-order valence-corrected chi connectivity index (χ0v) is 10.8. The first-order chi connectivity index (χ1) is 8.72. The van der Waals surface area contributed by atoms with Gasteiger partial charge in [-0.25, -0.2) is 0 Å². The number of hydrogen-bond donors (Lipinski definition) is 1. The Morgan fingerprint density at radius 3 is 2.67 bits per heavy atom. The summed E-state index contributed by atoms with van der Waals surface area (Å²) in [5, 5.41) is 3.20. The second-order valence-electron chi connectivity index (χ2n) is 4.64. The highest BCUT2D eigenvalue weighted by Crippen LogP contribution is 2.21. The minimum absolute atomic E-state index is 0.141. The molecule has 4 heteroatoms. The van der Waals surface area contributed by atoms with Gasteiger partial charge in [0.1, 0.15) is 11.8 Å². The van der Waals surface area contributed by atoms with E-state index in [4.69, 9.17) is 9.47 Å². The van der Waals surface area contributed by atoms with Crippen LogP contribution in [0.2, 0.25) is 0 Å². The van der Waals surface area contributed by atoms with Crippen LogP contribution in [0.5, 0.6) is 5.75 Å². The number of methoxy groups -OCH3 is 2. The summed E-state index contributed by atoms with van der Waals surface area (Å²) in [6.07, 6.45) is 1.82. The van der Waals surface area contributed by atoms with Crippen molar-refractivity contribution in [2.75, 3.05) is 20.8 Å². The van der Waals surface area contributed by atoms with Gasteiger partial charge in [-0.15, -0.1) is 0 Å². The number of rotatable bonds is 4. The van der Waals surface area contributed by atoms with E-state index in [-0.39, 0.29) is 12.0 Å². The molecule has 0 bridgehead atoms. The van der Waals surface area contributed by atoms with Crippen LogP contribution in [0.25, 0.3) is 0 Å². The highest BCUT2D eigenvalue weighted by atomic mass is 16.5. The number of nitrogens with one attached hydrogen (secondary N) is 1. The molecular formula is C14H19NO3. The van der Waals surface area contributed by atoms with Crippen LogP contribution in [0, 0.1) is 5.92 Å². The molecule has 18 heavy (non-hydrogen) atoms. The van der Waals surface area contributed by atoms with Crippen molar-refractivity contribution in [3.63, 3.8) is 0 Å². The Hall–Kier alpha value is -1.55. The van der Waals surface area contributed by atoms with Crippen molar-refractivity contribution in [1.29, 1.82) is 0 Å². The third-order valence-electron chi connectivity index (χ3n) is 3.39. The van der Waals surface area contributed by atoms with E-state index in [0.717, 1.165) is 25.1 Å². The summed E-state index contributed by atoms with van der Waals surface area (Å²) in [5.41, 5.74) is 1.27. The number of esters is 1. The Balaban J connectivity index is 1.89. The fourth-order valence-electron chi connectivity index (χ4n) is 2.38. The molecule has 1 aliphatic heterocycles. The molecule has 1 N–H and O–H groups in total. The fraction of sp³-hybridized carbons (Fsp3) is 0.500. The maximum atomic E-state index is 11.4. The molecule has 1 aromatic rings. The zero-order valence-electron chi connectivity index (χ0n) is 10.8. The number of carbonyl (C=O) groups is 1. The van der Waals surface area contributed by atoms with E-state index in [1.54, 1.807) is 7.11 Å². The van der Waals surface area contributed by atoms with Gasteiger partial charge in [-0.1, -0.05) is 12.1 Å². The van der Waals surface area contributed by atoms with E-state index in [1.807, 2.05) is 12.1 Å². The summed E-state index contributed by atoms with van der Waals surface area (Å²) in [4.78, 5) is 11.4. The van der Waals surface area contributed by atoms with Crippen molar-refractivity contribution in [1.82, 2.24) is 5.32 Å². The molecule has 1 heterocycles. The standard InChI is InChI=1S/C14H19NO3/c1-17-12-5-3-10(4-6-12)7-11-8-13(15-9-11)14(16)18-2/h3-6,11,13,15H,7-9H2,1-2H3. The van der Waals surface area contributed by atoms with Crippen LogP contribution in [0.3, 0.4) is 0 Å². The highest BCUT2D eigenvalue weighted by molar-refractivity contribution is 5.76. The van der Waals surface area contributed by atoms with E-state index in [0.29, 0.717) is 5.92 Å². The number of ether oxygens (including phenoxy) is 2. The molecule has 0 aliphatic carbocycles. The average Bonchev–Trinajstić information content (AvgIpc) is 2.87. The summed E-state index contributed by atoms with van der Waals surface area (Å²) in [6.45, 7) is 0.867. The van der Waals surface area contributed by atoms with E-state index in [2.05, 4.69) is 17.4 Å². The minimum atomic E-state index is -0.160. The Morgan fingerprint density at radius 2 is 2.06 bits per heavy atom. The molecule has 1 saturated heterocycles. The van der Waals surface area contributed by atoms with Gasteiger partial charge in [-0.05, 0) is 43.0 Å². The molecule has 0 spiro atoms. The van der Waals surface area contributed by atoms with Crippen LogP contribution < -0.4 is 10.1 Å². The summed E-state index contributed by atoms with van der Waals surface area (Å²) < 4.78 is 9.87. The molecule has 2 unspecified atom stereocenters. The lowest BCUT2D eigenvalue weighted by atomic mass is 9.97. The van der Waals surface area contributed by atoms with Crippen LogP contribution in [0.4, 0.5) is 0 Å². The van der Waals surface area contributed by atoms with Gasteiger partial charge in [-0.2, -0.15) is 0 Å².